The molecule has 0 heterocycles. The first-order valence-corrected chi connectivity index (χ1v) is 6.42. The number of carbonyl (C=O) groups is 1. The molecule has 0 saturated carbocycles. The number of nitrogens with one attached hydrogen (secondary N) is 1. The van der Waals surface area contributed by atoms with Crippen LogP contribution in [0, 0.1) is 3.57 Å². The molecule has 1 unspecified atom stereocenters. The van der Waals surface area contributed by atoms with Gasteiger partial charge in [-0.15, -0.1) is 0 Å². The SMILES string of the molecule is CCC(NCCc1ccc(I)cc1)C(=O)O. The standard InChI is InChI=1S/C12H16INO2/c1-2-11(12(15)16)14-8-7-9-3-5-10(13)6-4-9/h3-6,11,14H,2,7-8H2,1H3,(H,15,16). The molecule has 0 amide bonds. The van der Waals surface area contributed by atoms with Crippen LogP contribution in [-0.4, -0.2) is 23.7 Å². The normalized spacial score (nSPS) is 12.4. The number of benzene rings is 1. The molecule has 3 nitrogen and oxygen atoms in total. The van der Waals surface area contributed by atoms with Crippen LogP contribution < -0.4 is 5.32 Å². The van der Waals surface area contributed by atoms with Gasteiger partial charge in [-0.25, -0.2) is 0 Å². The van der Waals surface area contributed by atoms with Crippen LogP contribution in [0.15, 0.2) is 24.3 Å². The number of halogens is 1. The molecular formula is C12H16INO2. The minimum absolute atomic E-state index is 0.427. The van der Waals surface area contributed by atoms with Crippen molar-refractivity contribution in [2.45, 2.75) is 25.8 Å². The Morgan fingerprint density at radius 1 is 1.44 bits per heavy atom. The van der Waals surface area contributed by atoms with Crippen LogP contribution in [0.2, 0.25) is 0 Å². The molecule has 0 spiro atoms. The van der Waals surface area contributed by atoms with Crippen LogP contribution in [0.1, 0.15) is 18.9 Å². The molecule has 4 heteroatoms. The fraction of sp³-hybridized carbons (Fsp3) is 0.417. The molecule has 1 atom stereocenters. The van der Waals surface area contributed by atoms with Gasteiger partial charge in [0.1, 0.15) is 6.04 Å². The van der Waals surface area contributed by atoms with Crippen LogP contribution in [0.25, 0.3) is 0 Å². The van der Waals surface area contributed by atoms with Crippen molar-refractivity contribution in [1.82, 2.24) is 5.32 Å². The van der Waals surface area contributed by atoms with Gasteiger partial charge in [-0.05, 0) is 59.7 Å². The van der Waals surface area contributed by atoms with Gasteiger partial charge in [-0.2, -0.15) is 0 Å². The lowest BCUT2D eigenvalue weighted by molar-refractivity contribution is -0.139. The first kappa shape index (κ1) is 13.4. The Morgan fingerprint density at radius 3 is 2.56 bits per heavy atom. The largest absolute Gasteiger partial charge is 0.480 e. The Bertz CT molecular complexity index is 337. The second-order valence-corrected chi connectivity index (χ2v) is 4.88. The molecule has 16 heavy (non-hydrogen) atoms. The lowest BCUT2D eigenvalue weighted by Gasteiger charge is -2.11. The van der Waals surface area contributed by atoms with Crippen LogP contribution in [0.5, 0.6) is 0 Å². The predicted molar refractivity (Wildman–Crippen MR) is 72.6 cm³/mol. The fourth-order valence-electron chi connectivity index (χ4n) is 1.45. The second-order valence-electron chi connectivity index (χ2n) is 3.63. The number of hydrogen-bond donors (Lipinski definition) is 2. The van der Waals surface area contributed by atoms with Gasteiger partial charge in [-0.1, -0.05) is 19.1 Å². The molecule has 1 aromatic carbocycles. The van der Waals surface area contributed by atoms with Crippen molar-refractivity contribution >= 4 is 28.6 Å². The Hall–Kier alpha value is -0.620. The van der Waals surface area contributed by atoms with E-state index in [-0.39, 0.29) is 0 Å². The first-order chi connectivity index (χ1) is 7.63. The first-order valence-electron chi connectivity index (χ1n) is 5.34. The highest BCUT2D eigenvalue weighted by Gasteiger charge is 2.12. The number of hydrogen-bond acceptors (Lipinski definition) is 2. The fourth-order valence-corrected chi connectivity index (χ4v) is 1.81. The Balaban J connectivity index is 2.35. The molecule has 0 aliphatic heterocycles. The van der Waals surface area contributed by atoms with E-state index >= 15 is 0 Å². The molecular weight excluding hydrogens is 317 g/mol. The van der Waals surface area contributed by atoms with Gasteiger partial charge in [0.25, 0.3) is 0 Å². The minimum atomic E-state index is -0.773. The molecule has 2 N–H and O–H groups in total. The summed E-state index contributed by atoms with van der Waals surface area (Å²) in [7, 11) is 0. The molecule has 0 bridgehead atoms. The van der Waals surface area contributed by atoms with E-state index in [9.17, 15) is 4.79 Å². The van der Waals surface area contributed by atoms with Gasteiger partial charge < -0.3 is 10.4 Å². The van der Waals surface area contributed by atoms with E-state index < -0.39 is 12.0 Å². The van der Waals surface area contributed by atoms with Gasteiger partial charge in [-0.3, -0.25) is 4.79 Å². The zero-order valence-electron chi connectivity index (χ0n) is 9.24. The zero-order chi connectivity index (χ0) is 12.0. The third-order valence-electron chi connectivity index (χ3n) is 2.42. The molecule has 0 radical (unpaired) electrons. The van der Waals surface area contributed by atoms with E-state index in [0.29, 0.717) is 13.0 Å². The van der Waals surface area contributed by atoms with E-state index in [1.165, 1.54) is 9.13 Å². The Morgan fingerprint density at radius 2 is 2.06 bits per heavy atom. The highest BCUT2D eigenvalue weighted by atomic mass is 127. The molecule has 0 aliphatic rings. The summed E-state index contributed by atoms with van der Waals surface area (Å²) in [5, 5.41) is 11.9. The van der Waals surface area contributed by atoms with Crippen LogP contribution in [0.4, 0.5) is 0 Å². The lowest BCUT2D eigenvalue weighted by Crippen LogP contribution is -2.37. The zero-order valence-corrected chi connectivity index (χ0v) is 11.4. The van der Waals surface area contributed by atoms with Gasteiger partial charge in [0.2, 0.25) is 0 Å². The lowest BCUT2D eigenvalue weighted by atomic mass is 10.1. The highest BCUT2D eigenvalue weighted by molar-refractivity contribution is 14.1. The third-order valence-corrected chi connectivity index (χ3v) is 3.14. The summed E-state index contributed by atoms with van der Waals surface area (Å²) in [5.41, 5.74) is 1.23. The Kier molecular flexibility index (Phi) is 5.76. The monoisotopic (exact) mass is 333 g/mol. The summed E-state index contributed by atoms with van der Waals surface area (Å²) < 4.78 is 1.21. The summed E-state index contributed by atoms with van der Waals surface area (Å²) in [4.78, 5) is 10.8. The van der Waals surface area contributed by atoms with E-state index in [2.05, 4.69) is 52.2 Å². The number of rotatable bonds is 6. The van der Waals surface area contributed by atoms with E-state index in [1.54, 1.807) is 0 Å². The van der Waals surface area contributed by atoms with Crippen molar-refractivity contribution in [3.05, 3.63) is 33.4 Å². The highest BCUT2D eigenvalue weighted by Crippen LogP contribution is 2.07. The summed E-state index contributed by atoms with van der Waals surface area (Å²) in [6.45, 7) is 2.57. The molecule has 0 fully saturated rings. The van der Waals surface area contributed by atoms with Crippen LogP contribution >= 0.6 is 22.6 Å². The minimum Gasteiger partial charge on any atom is -0.480 e. The maximum atomic E-state index is 10.8. The second kappa shape index (κ2) is 6.85. The van der Waals surface area contributed by atoms with Gasteiger partial charge in [0.05, 0.1) is 0 Å². The summed E-state index contributed by atoms with van der Waals surface area (Å²) in [6, 6.07) is 7.84. The van der Waals surface area contributed by atoms with Crippen molar-refractivity contribution in [2.75, 3.05) is 6.54 Å². The summed E-state index contributed by atoms with van der Waals surface area (Å²) in [6.07, 6.45) is 1.47. The molecule has 1 aromatic rings. The number of carboxylic acid groups (broad SMARTS) is 1. The summed E-state index contributed by atoms with van der Waals surface area (Å²) in [5.74, 6) is -0.773. The third kappa shape index (κ3) is 4.49. The quantitative estimate of drug-likeness (QED) is 0.786. The molecule has 0 saturated heterocycles. The maximum Gasteiger partial charge on any atom is 0.320 e. The van der Waals surface area contributed by atoms with Gasteiger partial charge in [0, 0.05) is 3.57 Å². The Labute approximate surface area is 109 Å². The molecule has 88 valence electrons. The van der Waals surface area contributed by atoms with Gasteiger partial charge in [0.15, 0.2) is 0 Å². The average molecular weight is 333 g/mol. The van der Waals surface area contributed by atoms with Gasteiger partial charge >= 0.3 is 5.97 Å². The topological polar surface area (TPSA) is 49.3 Å². The smallest absolute Gasteiger partial charge is 0.320 e. The molecule has 1 rings (SSSR count). The van der Waals surface area contributed by atoms with Crippen molar-refractivity contribution < 1.29 is 9.90 Å². The average Bonchev–Trinajstić information content (AvgIpc) is 2.26. The van der Waals surface area contributed by atoms with Crippen molar-refractivity contribution in [3.63, 3.8) is 0 Å². The molecule has 0 aliphatic carbocycles. The number of aliphatic carboxylic acids is 1. The van der Waals surface area contributed by atoms with Crippen molar-refractivity contribution in [2.24, 2.45) is 0 Å². The number of carboxylic acids is 1. The van der Waals surface area contributed by atoms with Crippen LogP contribution in [-0.2, 0) is 11.2 Å². The van der Waals surface area contributed by atoms with E-state index in [1.807, 2.05) is 6.92 Å². The van der Waals surface area contributed by atoms with Crippen LogP contribution in [0.3, 0.4) is 0 Å². The van der Waals surface area contributed by atoms with E-state index in [0.717, 1.165) is 6.42 Å². The van der Waals surface area contributed by atoms with Crippen molar-refractivity contribution in [3.8, 4) is 0 Å². The predicted octanol–water partition coefficient (Wildman–Crippen LogP) is 2.29. The molecule has 0 aromatic heterocycles. The maximum absolute atomic E-state index is 10.8. The van der Waals surface area contributed by atoms with E-state index in [4.69, 9.17) is 5.11 Å². The summed E-state index contributed by atoms with van der Waals surface area (Å²) >= 11 is 2.27. The van der Waals surface area contributed by atoms with Crippen molar-refractivity contribution in [1.29, 1.82) is 0 Å².